The summed E-state index contributed by atoms with van der Waals surface area (Å²) in [4.78, 5) is 12.8. The summed E-state index contributed by atoms with van der Waals surface area (Å²) < 4.78 is 5.35. The predicted molar refractivity (Wildman–Crippen MR) is 70.7 cm³/mol. The van der Waals surface area contributed by atoms with Crippen molar-refractivity contribution in [3.63, 3.8) is 0 Å². The second kappa shape index (κ2) is 5.36. The Balaban J connectivity index is 2.24. The van der Waals surface area contributed by atoms with Gasteiger partial charge in [0.05, 0.1) is 7.11 Å². The molecule has 1 saturated heterocycles. The van der Waals surface area contributed by atoms with Gasteiger partial charge in [-0.2, -0.15) is 0 Å². The molecule has 1 aromatic heterocycles. The van der Waals surface area contributed by atoms with Gasteiger partial charge in [0.1, 0.15) is 6.33 Å². The van der Waals surface area contributed by atoms with Crippen LogP contribution < -0.4 is 20.9 Å². The second-order valence-electron chi connectivity index (χ2n) is 4.58. The quantitative estimate of drug-likeness (QED) is 0.572. The van der Waals surface area contributed by atoms with Crippen LogP contribution in [0.4, 0.5) is 11.6 Å². The Labute approximate surface area is 107 Å². The summed E-state index contributed by atoms with van der Waals surface area (Å²) in [7, 11) is 5.79. The van der Waals surface area contributed by atoms with Gasteiger partial charge < -0.3 is 20.0 Å². The number of likely N-dealkylation sites (N-methyl/N-ethyl adjacent to an activating group) is 1. The molecular weight excluding hydrogens is 232 g/mol. The molecule has 1 atom stereocenters. The maximum absolute atomic E-state index is 5.42. The molecule has 7 nitrogen and oxygen atoms in total. The SMILES string of the molecule is COc1c(NN)ncnc1N1CCC(N(C)C)C1. The van der Waals surface area contributed by atoms with E-state index in [1.165, 1.54) is 6.33 Å². The smallest absolute Gasteiger partial charge is 0.205 e. The van der Waals surface area contributed by atoms with Crippen LogP contribution in [0.2, 0.25) is 0 Å². The molecule has 7 heteroatoms. The highest BCUT2D eigenvalue weighted by atomic mass is 16.5. The number of ether oxygens (including phenoxy) is 1. The molecule has 1 fully saturated rings. The van der Waals surface area contributed by atoms with Crippen molar-refractivity contribution in [3.8, 4) is 5.75 Å². The van der Waals surface area contributed by atoms with Gasteiger partial charge in [-0.15, -0.1) is 0 Å². The minimum atomic E-state index is 0.510. The first-order chi connectivity index (χ1) is 8.67. The molecule has 1 aliphatic heterocycles. The van der Waals surface area contributed by atoms with Crippen molar-refractivity contribution in [2.24, 2.45) is 5.84 Å². The van der Waals surface area contributed by atoms with Crippen molar-refractivity contribution in [1.29, 1.82) is 0 Å². The second-order valence-corrected chi connectivity index (χ2v) is 4.58. The number of nitrogens with one attached hydrogen (secondary N) is 1. The van der Waals surface area contributed by atoms with E-state index in [4.69, 9.17) is 10.6 Å². The third-order valence-corrected chi connectivity index (χ3v) is 3.32. The van der Waals surface area contributed by atoms with Crippen molar-refractivity contribution in [1.82, 2.24) is 14.9 Å². The Hall–Kier alpha value is -1.60. The molecule has 0 spiro atoms. The van der Waals surface area contributed by atoms with Gasteiger partial charge in [0.25, 0.3) is 0 Å². The molecule has 100 valence electrons. The van der Waals surface area contributed by atoms with Crippen LogP contribution in [0.3, 0.4) is 0 Å². The first-order valence-electron chi connectivity index (χ1n) is 5.94. The lowest BCUT2D eigenvalue weighted by Crippen LogP contribution is -2.32. The van der Waals surface area contributed by atoms with Crippen molar-refractivity contribution < 1.29 is 4.74 Å². The molecule has 0 bridgehead atoms. The Morgan fingerprint density at radius 2 is 2.28 bits per heavy atom. The van der Waals surface area contributed by atoms with Crippen molar-refractivity contribution in [3.05, 3.63) is 6.33 Å². The standard InChI is InChI=1S/C11H20N6O/c1-16(2)8-4-5-17(6-8)11-9(18-3)10(15-12)13-7-14-11/h7-8H,4-6,12H2,1-3H3,(H,13,14,15). The molecule has 1 aromatic rings. The number of anilines is 2. The number of hydrogen-bond acceptors (Lipinski definition) is 7. The van der Waals surface area contributed by atoms with Gasteiger partial charge in [0.2, 0.25) is 5.75 Å². The lowest BCUT2D eigenvalue weighted by molar-refractivity contribution is 0.315. The fourth-order valence-corrected chi connectivity index (χ4v) is 2.24. The Morgan fingerprint density at radius 3 is 2.83 bits per heavy atom. The molecule has 1 aliphatic rings. The highest BCUT2D eigenvalue weighted by molar-refractivity contribution is 5.64. The van der Waals surface area contributed by atoms with E-state index in [0.717, 1.165) is 25.3 Å². The van der Waals surface area contributed by atoms with Gasteiger partial charge in [-0.3, -0.25) is 0 Å². The van der Waals surface area contributed by atoms with E-state index in [9.17, 15) is 0 Å². The lowest BCUT2D eigenvalue weighted by atomic mass is 10.2. The zero-order chi connectivity index (χ0) is 13.1. The fourth-order valence-electron chi connectivity index (χ4n) is 2.24. The third kappa shape index (κ3) is 2.32. The average Bonchev–Trinajstić information content (AvgIpc) is 2.87. The zero-order valence-electron chi connectivity index (χ0n) is 11.1. The van der Waals surface area contributed by atoms with Gasteiger partial charge in [-0.05, 0) is 20.5 Å². The van der Waals surface area contributed by atoms with Crippen molar-refractivity contribution >= 4 is 11.6 Å². The third-order valence-electron chi connectivity index (χ3n) is 3.32. The topological polar surface area (TPSA) is 79.5 Å². The molecule has 0 saturated carbocycles. The summed E-state index contributed by atoms with van der Waals surface area (Å²) in [6.45, 7) is 1.89. The van der Waals surface area contributed by atoms with Gasteiger partial charge >= 0.3 is 0 Å². The summed E-state index contributed by atoms with van der Waals surface area (Å²) in [5.41, 5.74) is 2.53. The fraction of sp³-hybridized carbons (Fsp3) is 0.636. The molecule has 18 heavy (non-hydrogen) atoms. The van der Waals surface area contributed by atoms with E-state index in [-0.39, 0.29) is 0 Å². The Morgan fingerprint density at radius 1 is 1.50 bits per heavy atom. The minimum absolute atomic E-state index is 0.510. The number of hydrazine groups is 1. The Bertz CT molecular complexity index is 411. The number of nitrogens with zero attached hydrogens (tertiary/aromatic N) is 4. The summed E-state index contributed by atoms with van der Waals surface area (Å²) in [5.74, 6) is 7.33. The molecule has 2 heterocycles. The molecule has 3 N–H and O–H groups in total. The van der Waals surface area contributed by atoms with Crippen LogP contribution in [0.1, 0.15) is 6.42 Å². The van der Waals surface area contributed by atoms with Crippen molar-refractivity contribution in [2.45, 2.75) is 12.5 Å². The van der Waals surface area contributed by atoms with Crippen LogP contribution in [0.5, 0.6) is 5.75 Å². The monoisotopic (exact) mass is 252 g/mol. The molecule has 0 radical (unpaired) electrons. The molecular formula is C11H20N6O. The maximum atomic E-state index is 5.42. The van der Waals surface area contributed by atoms with E-state index < -0.39 is 0 Å². The number of nitrogen functional groups attached to an aromatic ring is 1. The van der Waals surface area contributed by atoms with Crippen LogP contribution >= 0.6 is 0 Å². The number of rotatable bonds is 4. The first-order valence-corrected chi connectivity index (χ1v) is 5.94. The van der Waals surface area contributed by atoms with Gasteiger partial charge in [0, 0.05) is 19.1 Å². The van der Waals surface area contributed by atoms with E-state index >= 15 is 0 Å². The average molecular weight is 252 g/mol. The summed E-state index contributed by atoms with van der Waals surface area (Å²) >= 11 is 0. The summed E-state index contributed by atoms with van der Waals surface area (Å²) in [6.07, 6.45) is 2.61. The van der Waals surface area contributed by atoms with Crippen LogP contribution in [0, 0.1) is 0 Å². The first kappa shape index (κ1) is 12.8. The maximum Gasteiger partial charge on any atom is 0.205 e. The molecule has 0 amide bonds. The van der Waals surface area contributed by atoms with Gasteiger partial charge in [-0.1, -0.05) is 0 Å². The summed E-state index contributed by atoms with van der Waals surface area (Å²) in [5, 5.41) is 0. The van der Waals surface area contributed by atoms with Crippen LogP contribution in [-0.2, 0) is 0 Å². The normalized spacial score (nSPS) is 19.4. The molecule has 2 rings (SSSR count). The highest BCUT2D eigenvalue weighted by Gasteiger charge is 2.27. The highest BCUT2D eigenvalue weighted by Crippen LogP contribution is 2.33. The van der Waals surface area contributed by atoms with E-state index in [1.54, 1.807) is 7.11 Å². The largest absolute Gasteiger partial charge is 0.490 e. The van der Waals surface area contributed by atoms with Gasteiger partial charge in [-0.25, -0.2) is 15.8 Å². The molecule has 1 unspecified atom stereocenters. The lowest BCUT2D eigenvalue weighted by Gasteiger charge is -2.22. The van der Waals surface area contributed by atoms with E-state index in [0.29, 0.717) is 17.6 Å². The number of hydrogen-bond donors (Lipinski definition) is 2. The van der Waals surface area contributed by atoms with E-state index in [2.05, 4.69) is 39.3 Å². The van der Waals surface area contributed by atoms with Crippen molar-refractivity contribution in [2.75, 3.05) is 44.6 Å². The Kier molecular flexibility index (Phi) is 3.83. The molecule has 0 aliphatic carbocycles. The van der Waals surface area contributed by atoms with Crippen LogP contribution in [0.25, 0.3) is 0 Å². The number of methoxy groups -OCH3 is 1. The molecule has 0 aromatic carbocycles. The summed E-state index contributed by atoms with van der Waals surface area (Å²) in [6, 6.07) is 0.541. The van der Waals surface area contributed by atoms with Gasteiger partial charge in [0.15, 0.2) is 11.6 Å². The number of nitrogens with two attached hydrogens (primary N) is 1. The van der Waals surface area contributed by atoms with E-state index in [1.807, 2.05) is 0 Å². The van der Waals surface area contributed by atoms with Crippen LogP contribution in [0.15, 0.2) is 6.33 Å². The minimum Gasteiger partial charge on any atom is -0.490 e. The van der Waals surface area contributed by atoms with Crippen LogP contribution in [-0.4, -0.2) is 55.2 Å². The zero-order valence-corrected chi connectivity index (χ0v) is 11.1. The predicted octanol–water partition coefficient (Wildman–Crippen LogP) is -0.0889. The number of aromatic nitrogens is 2.